The van der Waals surface area contributed by atoms with E-state index in [0.29, 0.717) is 35.6 Å². The Labute approximate surface area is 219 Å². The van der Waals surface area contributed by atoms with Crippen molar-refractivity contribution in [2.45, 2.75) is 25.6 Å². The molecule has 1 fully saturated rings. The predicted molar refractivity (Wildman–Crippen MR) is 138 cm³/mol. The fourth-order valence-electron chi connectivity index (χ4n) is 4.74. The molecule has 0 bridgehead atoms. The Morgan fingerprint density at radius 2 is 1.95 bits per heavy atom. The second-order valence-electron chi connectivity index (χ2n) is 9.21. The molecule has 1 N–H and O–H groups in total. The number of benzene rings is 2. The van der Waals surface area contributed by atoms with Gasteiger partial charge >= 0.3 is 6.18 Å². The average Bonchev–Trinajstić information content (AvgIpc) is 3.58. The number of carbonyl (C=O) groups is 1. The number of halogens is 3. The molecule has 1 aliphatic rings. The number of amides is 1. The molecule has 6 rings (SSSR count). The van der Waals surface area contributed by atoms with Crippen molar-refractivity contribution < 1.29 is 18.0 Å². The third-order valence-electron chi connectivity index (χ3n) is 6.71. The number of hydrogen-bond donors (Lipinski definition) is 1. The zero-order valence-electron chi connectivity index (χ0n) is 20.0. The molecule has 1 amide bonds. The highest BCUT2D eigenvalue weighted by molar-refractivity contribution is 7.16. The minimum Gasteiger partial charge on any atom is -0.355 e. The fraction of sp³-hybridized carbons (Fsp3) is 0.269. The summed E-state index contributed by atoms with van der Waals surface area (Å²) in [5.41, 5.74) is 3.92. The molecule has 2 aromatic carbocycles. The van der Waals surface area contributed by atoms with Gasteiger partial charge in [-0.3, -0.25) is 4.79 Å². The quantitative estimate of drug-likeness (QED) is 0.340. The molecular formula is C26H22F3N7OS. The first-order chi connectivity index (χ1) is 18.3. The zero-order valence-corrected chi connectivity index (χ0v) is 20.8. The third kappa shape index (κ3) is 4.78. The minimum atomic E-state index is -4.40. The van der Waals surface area contributed by atoms with Crippen LogP contribution in [0.2, 0.25) is 0 Å². The summed E-state index contributed by atoms with van der Waals surface area (Å²) in [5.74, 6) is 0.431. The lowest BCUT2D eigenvalue weighted by molar-refractivity contribution is -0.137. The van der Waals surface area contributed by atoms with Gasteiger partial charge in [-0.05, 0) is 54.8 Å². The number of anilines is 1. The first-order valence-electron chi connectivity index (χ1n) is 12.1. The van der Waals surface area contributed by atoms with Crippen molar-refractivity contribution in [2.24, 2.45) is 5.92 Å². The summed E-state index contributed by atoms with van der Waals surface area (Å²) < 4.78 is 41.4. The molecule has 0 saturated carbocycles. The highest BCUT2D eigenvalue weighted by atomic mass is 32.1. The van der Waals surface area contributed by atoms with E-state index in [9.17, 15) is 18.0 Å². The normalized spacial score (nSPS) is 16.3. The number of alkyl halides is 3. The zero-order chi connectivity index (χ0) is 26.3. The van der Waals surface area contributed by atoms with E-state index in [1.54, 1.807) is 23.0 Å². The van der Waals surface area contributed by atoms with E-state index in [1.165, 1.54) is 23.1 Å². The van der Waals surface area contributed by atoms with Crippen LogP contribution in [0.25, 0.3) is 26.9 Å². The summed E-state index contributed by atoms with van der Waals surface area (Å²) in [4.78, 5) is 28.1. The van der Waals surface area contributed by atoms with Gasteiger partial charge < -0.3 is 10.2 Å². The average molecular weight is 538 g/mol. The van der Waals surface area contributed by atoms with Gasteiger partial charge in [0.15, 0.2) is 5.65 Å². The van der Waals surface area contributed by atoms with Crippen LogP contribution in [0.4, 0.5) is 19.0 Å². The van der Waals surface area contributed by atoms with Gasteiger partial charge in [0, 0.05) is 25.8 Å². The van der Waals surface area contributed by atoms with E-state index in [4.69, 9.17) is 0 Å². The maximum absolute atomic E-state index is 13.0. The fourth-order valence-corrected chi connectivity index (χ4v) is 5.40. The van der Waals surface area contributed by atoms with Gasteiger partial charge in [0.1, 0.15) is 12.1 Å². The predicted octanol–water partition coefficient (Wildman–Crippen LogP) is 4.98. The van der Waals surface area contributed by atoms with Crippen molar-refractivity contribution >= 4 is 44.3 Å². The molecule has 8 nitrogen and oxygen atoms in total. The van der Waals surface area contributed by atoms with Gasteiger partial charge in [0.05, 0.1) is 38.3 Å². The topological polar surface area (TPSA) is 88.8 Å². The van der Waals surface area contributed by atoms with Gasteiger partial charge in [-0.2, -0.15) is 13.2 Å². The Bertz CT molecular complexity index is 1610. The van der Waals surface area contributed by atoms with Crippen LogP contribution in [-0.4, -0.2) is 43.7 Å². The smallest absolute Gasteiger partial charge is 0.355 e. The van der Waals surface area contributed by atoms with Crippen LogP contribution in [0.1, 0.15) is 24.0 Å². The molecule has 12 heteroatoms. The van der Waals surface area contributed by atoms with Crippen molar-refractivity contribution in [3.05, 3.63) is 71.6 Å². The summed E-state index contributed by atoms with van der Waals surface area (Å²) in [7, 11) is 0. The van der Waals surface area contributed by atoms with E-state index in [0.717, 1.165) is 47.3 Å². The van der Waals surface area contributed by atoms with Crippen LogP contribution in [0.15, 0.2) is 60.5 Å². The van der Waals surface area contributed by atoms with E-state index >= 15 is 0 Å². The van der Waals surface area contributed by atoms with Crippen LogP contribution in [-0.2, 0) is 17.5 Å². The number of nitrogens with zero attached hydrogens (tertiary/aromatic N) is 6. The molecule has 1 aliphatic heterocycles. The van der Waals surface area contributed by atoms with Crippen molar-refractivity contribution in [1.82, 2.24) is 30.0 Å². The molecule has 3 aromatic heterocycles. The number of nitrogens with one attached hydrogen (secondary N) is 1. The third-order valence-corrected chi connectivity index (χ3v) is 7.52. The highest BCUT2D eigenvalue weighted by Crippen LogP contribution is 2.31. The van der Waals surface area contributed by atoms with E-state index in [-0.39, 0.29) is 11.8 Å². The minimum absolute atomic E-state index is 0.0150. The summed E-state index contributed by atoms with van der Waals surface area (Å²) in [6.07, 6.45) is 0.317. The molecular weight excluding hydrogens is 515 g/mol. The van der Waals surface area contributed by atoms with Gasteiger partial charge in [-0.15, -0.1) is 16.4 Å². The molecule has 5 aromatic rings. The number of fused-ring (bicyclic) bond motifs is 2. The molecule has 0 radical (unpaired) electrons. The Kier molecular flexibility index (Phi) is 6.18. The maximum atomic E-state index is 13.0. The monoisotopic (exact) mass is 537 g/mol. The molecule has 1 saturated heterocycles. The number of thiazole rings is 1. The number of rotatable bonds is 5. The summed E-state index contributed by atoms with van der Waals surface area (Å²) in [6.45, 7) is 1.65. The lowest BCUT2D eigenvalue weighted by Crippen LogP contribution is -2.43. The molecule has 0 aliphatic carbocycles. The summed E-state index contributed by atoms with van der Waals surface area (Å²) >= 11 is 1.58. The second-order valence-corrected chi connectivity index (χ2v) is 10.1. The molecule has 38 heavy (non-hydrogen) atoms. The van der Waals surface area contributed by atoms with Crippen molar-refractivity contribution in [2.75, 3.05) is 18.0 Å². The molecule has 1 atom stereocenters. The summed E-state index contributed by atoms with van der Waals surface area (Å²) in [5, 5.41) is 8.17. The van der Waals surface area contributed by atoms with Crippen molar-refractivity contribution in [3.63, 3.8) is 0 Å². The molecule has 0 unspecified atom stereocenters. The van der Waals surface area contributed by atoms with E-state index in [1.807, 2.05) is 18.2 Å². The number of aromatic nitrogens is 5. The standard InChI is InChI=1S/C26H22F3N7OS/c27-26(28,29)18-4-6-19(7-5-18)36-13-20-23(34-36)31-14-32-24(20)35-9-1-2-17(12-35)25(37)30-11-16-3-8-22-21(10-16)33-15-38-22/h3-8,10,13-15,17H,1-2,9,11-12H2,(H,30,37)/t17-/m1/s1. The van der Waals surface area contributed by atoms with Crippen molar-refractivity contribution in [1.29, 1.82) is 0 Å². The Morgan fingerprint density at radius 1 is 1.11 bits per heavy atom. The largest absolute Gasteiger partial charge is 0.416 e. The van der Waals surface area contributed by atoms with Gasteiger partial charge in [0.25, 0.3) is 0 Å². The lowest BCUT2D eigenvalue weighted by atomic mass is 9.97. The van der Waals surface area contributed by atoms with Crippen LogP contribution < -0.4 is 10.2 Å². The number of carbonyl (C=O) groups excluding carboxylic acids is 1. The first-order valence-corrected chi connectivity index (χ1v) is 13.0. The molecule has 194 valence electrons. The maximum Gasteiger partial charge on any atom is 0.416 e. The lowest BCUT2D eigenvalue weighted by Gasteiger charge is -2.33. The van der Waals surface area contributed by atoms with Crippen molar-refractivity contribution in [3.8, 4) is 5.69 Å². The van der Waals surface area contributed by atoms with Gasteiger partial charge in [-0.1, -0.05) is 6.07 Å². The van der Waals surface area contributed by atoms with E-state index < -0.39 is 11.7 Å². The Morgan fingerprint density at radius 3 is 2.76 bits per heavy atom. The molecule has 0 spiro atoms. The van der Waals surface area contributed by atoms with Crippen LogP contribution in [0, 0.1) is 5.92 Å². The number of piperidine rings is 1. The molecule has 4 heterocycles. The Balaban J connectivity index is 1.17. The van der Waals surface area contributed by atoms with Crippen LogP contribution >= 0.6 is 11.3 Å². The number of hydrogen-bond acceptors (Lipinski definition) is 7. The van der Waals surface area contributed by atoms with Crippen LogP contribution in [0.5, 0.6) is 0 Å². The van der Waals surface area contributed by atoms with Crippen LogP contribution in [0.3, 0.4) is 0 Å². The summed E-state index contributed by atoms with van der Waals surface area (Å²) in [6, 6.07) is 10.8. The highest BCUT2D eigenvalue weighted by Gasteiger charge is 2.30. The Hall–Kier alpha value is -4.06. The second kappa shape index (κ2) is 9.67. The first kappa shape index (κ1) is 24.3. The SMILES string of the molecule is O=C(NCc1ccc2scnc2c1)[C@@H]1CCCN(c2ncnc3nn(-c4ccc(C(F)(F)F)cc4)cc23)C1. The van der Waals surface area contributed by atoms with Gasteiger partial charge in [0.2, 0.25) is 5.91 Å². The van der Waals surface area contributed by atoms with E-state index in [2.05, 4.69) is 30.3 Å². The van der Waals surface area contributed by atoms with Gasteiger partial charge in [-0.25, -0.2) is 19.6 Å².